The molecule has 0 spiro atoms. The van der Waals surface area contributed by atoms with Crippen LogP contribution in [0.5, 0.6) is 17.2 Å². The van der Waals surface area contributed by atoms with Crippen LogP contribution in [0.25, 0.3) is 0 Å². The molecule has 4 heteroatoms. The fourth-order valence-electron chi connectivity index (χ4n) is 2.90. The van der Waals surface area contributed by atoms with Gasteiger partial charge >= 0.3 is 0 Å². The Morgan fingerprint density at radius 1 is 0.958 bits per heavy atom. The van der Waals surface area contributed by atoms with Crippen LogP contribution in [0.1, 0.15) is 33.3 Å². The van der Waals surface area contributed by atoms with Gasteiger partial charge in [-0.3, -0.25) is 0 Å². The molecule has 0 heterocycles. The summed E-state index contributed by atoms with van der Waals surface area (Å²) in [7, 11) is 2.56. The summed E-state index contributed by atoms with van der Waals surface area (Å²) in [5.74, 6) is 2.01. The normalized spacial score (nSPS) is 12.8. The van der Waals surface area contributed by atoms with Gasteiger partial charge in [-0.25, -0.2) is 0 Å². The molecule has 1 N–H and O–H groups in total. The highest BCUT2D eigenvalue weighted by molar-refractivity contribution is 7.73. The van der Waals surface area contributed by atoms with E-state index in [1.165, 1.54) is 0 Å². The van der Waals surface area contributed by atoms with Crippen molar-refractivity contribution in [1.82, 2.24) is 0 Å². The number of hydrogen-bond acceptors (Lipinski definition) is 3. The smallest absolute Gasteiger partial charge is 0.130 e. The molecule has 0 saturated heterocycles. The standard InChI is InChI=1S/C20H27O3P/c1-7-24(19-15(22-5)11-9-12-16(19)23-6)17-13-8-10-14(18(17)21)20(2,3)4/h8-13,21H,7H2,1-6H3. The first-order chi connectivity index (χ1) is 11.3. The lowest BCUT2D eigenvalue weighted by atomic mass is 9.86. The first-order valence-electron chi connectivity index (χ1n) is 8.16. The van der Waals surface area contributed by atoms with Crippen LogP contribution in [-0.4, -0.2) is 25.5 Å². The maximum atomic E-state index is 10.9. The van der Waals surface area contributed by atoms with E-state index in [2.05, 4.69) is 27.7 Å². The van der Waals surface area contributed by atoms with E-state index in [9.17, 15) is 5.11 Å². The zero-order chi connectivity index (χ0) is 17.9. The number of hydrogen-bond donors (Lipinski definition) is 1. The van der Waals surface area contributed by atoms with Gasteiger partial charge in [-0.15, -0.1) is 0 Å². The Bertz CT molecular complexity index is 682. The highest BCUT2D eigenvalue weighted by atomic mass is 31.1. The number of rotatable bonds is 5. The van der Waals surface area contributed by atoms with Crippen molar-refractivity contribution >= 4 is 18.5 Å². The molecule has 0 bridgehead atoms. The van der Waals surface area contributed by atoms with E-state index in [-0.39, 0.29) is 5.41 Å². The van der Waals surface area contributed by atoms with Crippen LogP contribution in [0.2, 0.25) is 0 Å². The molecule has 0 amide bonds. The van der Waals surface area contributed by atoms with Gasteiger partial charge in [0, 0.05) is 5.30 Å². The van der Waals surface area contributed by atoms with Gasteiger partial charge in [-0.05, 0) is 37.2 Å². The van der Waals surface area contributed by atoms with Crippen molar-refractivity contribution in [1.29, 1.82) is 0 Å². The third-order valence-electron chi connectivity index (χ3n) is 4.10. The van der Waals surface area contributed by atoms with Gasteiger partial charge in [0.15, 0.2) is 0 Å². The lowest BCUT2D eigenvalue weighted by Gasteiger charge is -2.26. The maximum absolute atomic E-state index is 10.9. The fourth-order valence-corrected chi connectivity index (χ4v) is 5.30. The van der Waals surface area contributed by atoms with Gasteiger partial charge in [0.1, 0.15) is 17.2 Å². The fraction of sp³-hybridized carbons (Fsp3) is 0.400. The van der Waals surface area contributed by atoms with Gasteiger partial charge in [-0.2, -0.15) is 0 Å². The molecule has 0 radical (unpaired) electrons. The van der Waals surface area contributed by atoms with Crippen LogP contribution in [0.15, 0.2) is 36.4 Å². The van der Waals surface area contributed by atoms with Crippen LogP contribution < -0.4 is 20.1 Å². The summed E-state index contributed by atoms with van der Waals surface area (Å²) in [5.41, 5.74) is 0.856. The van der Waals surface area contributed by atoms with Crippen molar-refractivity contribution in [3.05, 3.63) is 42.0 Å². The van der Waals surface area contributed by atoms with Crippen molar-refractivity contribution < 1.29 is 14.6 Å². The summed E-state index contributed by atoms with van der Waals surface area (Å²) in [6, 6.07) is 11.9. The summed E-state index contributed by atoms with van der Waals surface area (Å²) in [5, 5.41) is 13.0. The summed E-state index contributed by atoms with van der Waals surface area (Å²) in [6.07, 6.45) is 0.896. The highest BCUT2D eigenvalue weighted by Crippen LogP contribution is 2.44. The van der Waals surface area contributed by atoms with E-state index in [1.807, 2.05) is 36.4 Å². The van der Waals surface area contributed by atoms with Gasteiger partial charge in [0.2, 0.25) is 0 Å². The molecule has 0 fully saturated rings. The second-order valence-electron chi connectivity index (χ2n) is 6.68. The zero-order valence-electron chi connectivity index (χ0n) is 15.4. The van der Waals surface area contributed by atoms with E-state index in [0.29, 0.717) is 5.75 Å². The third kappa shape index (κ3) is 3.52. The van der Waals surface area contributed by atoms with Gasteiger partial charge in [0.25, 0.3) is 0 Å². The van der Waals surface area contributed by atoms with Crippen molar-refractivity contribution in [3.63, 3.8) is 0 Å². The Morgan fingerprint density at radius 2 is 1.50 bits per heavy atom. The first-order valence-corrected chi connectivity index (χ1v) is 9.68. The van der Waals surface area contributed by atoms with Gasteiger partial charge in [-0.1, -0.05) is 52.0 Å². The number of phenols is 1. The van der Waals surface area contributed by atoms with Gasteiger partial charge < -0.3 is 14.6 Å². The van der Waals surface area contributed by atoms with Gasteiger partial charge in [0.05, 0.1) is 19.5 Å². The van der Waals surface area contributed by atoms with Crippen LogP contribution in [0.4, 0.5) is 0 Å². The molecule has 1 atom stereocenters. The van der Waals surface area contributed by atoms with Crippen LogP contribution in [0, 0.1) is 0 Å². The molecule has 0 aliphatic heterocycles. The number of aromatic hydroxyl groups is 1. The van der Waals surface area contributed by atoms with Crippen molar-refractivity contribution in [3.8, 4) is 17.2 Å². The lowest BCUT2D eigenvalue weighted by Crippen LogP contribution is -2.21. The molecule has 0 aliphatic rings. The van der Waals surface area contributed by atoms with E-state index >= 15 is 0 Å². The quantitative estimate of drug-likeness (QED) is 0.826. The molecule has 24 heavy (non-hydrogen) atoms. The highest BCUT2D eigenvalue weighted by Gasteiger charge is 2.27. The van der Waals surface area contributed by atoms with Crippen molar-refractivity contribution in [2.75, 3.05) is 20.4 Å². The average Bonchev–Trinajstić information content (AvgIpc) is 2.55. The summed E-state index contributed by atoms with van der Waals surface area (Å²) in [6.45, 7) is 8.48. The van der Waals surface area contributed by atoms with E-state index in [4.69, 9.17) is 9.47 Å². The Morgan fingerprint density at radius 3 is 1.96 bits per heavy atom. The molecule has 2 aromatic rings. The Labute approximate surface area is 146 Å². The number of ether oxygens (including phenoxy) is 2. The lowest BCUT2D eigenvalue weighted by molar-refractivity contribution is 0.401. The SMILES string of the molecule is CCP(c1cccc(C(C)(C)C)c1O)c1c(OC)cccc1OC. The summed E-state index contributed by atoms with van der Waals surface area (Å²) >= 11 is 0. The Hall–Kier alpha value is -1.73. The summed E-state index contributed by atoms with van der Waals surface area (Å²) < 4.78 is 11.2. The minimum absolute atomic E-state index is 0.111. The molecule has 130 valence electrons. The molecule has 0 aromatic heterocycles. The predicted octanol–water partition coefficient (Wildman–Crippen LogP) is 4.16. The molecule has 2 aromatic carbocycles. The Balaban J connectivity index is 2.67. The number of methoxy groups -OCH3 is 2. The molecule has 2 rings (SSSR count). The minimum Gasteiger partial charge on any atom is -0.507 e. The number of benzene rings is 2. The largest absolute Gasteiger partial charge is 0.507 e. The molecule has 0 aliphatic carbocycles. The van der Waals surface area contributed by atoms with Crippen molar-refractivity contribution in [2.45, 2.75) is 33.1 Å². The first kappa shape index (κ1) is 18.6. The van der Waals surface area contributed by atoms with E-state index in [0.717, 1.165) is 33.8 Å². The average molecular weight is 346 g/mol. The number of phenolic OH excluding ortho intramolecular Hbond substituents is 1. The van der Waals surface area contributed by atoms with Crippen molar-refractivity contribution in [2.24, 2.45) is 0 Å². The minimum atomic E-state index is -0.786. The second-order valence-corrected chi connectivity index (χ2v) is 9.10. The van der Waals surface area contributed by atoms with E-state index in [1.54, 1.807) is 14.2 Å². The molecular formula is C20H27O3P. The Kier molecular flexibility index (Phi) is 5.77. The third-order valence-corrected chi connectivity index (χ3v) is 6.66. The van der Waals surface area contributed by atoms with E-state index < -0.39 is 7.92 Å². The molecule has 0 saturated carbocycles. The molecule has 3 nitrogen and oxygen atoms in total. The van der Waals surface area contributed by atoms with Crippen LogP contribution >= 0.6 is 7.92 Å². The maximum Gasteiger partial charge on any atom is 0.130 e. The molecule has 1 unspecified atom stereocenters. The monoisotopic (exact) mass is 346 g/mol. The van der Waals surface area contributed by atoms with Crippen LogP contribution in [-0.2, 0) is 5.41 Å². The van der Waals surface area contributed by atoms with Crippen LogP contribution in [0.3, 0.4) is 0 Å². The predicted molar refractivity (Wildman–Crippen MR) is 103 cm³/mol. The second kappa shape index (κ2) is 7.44. The summed E-state index contributed by atoms with van der Waals surface area (Å²) in [4.78, 5) is 0. The molecular weight excluding hydrogens is 319 g/mol. The topological polar surface area (TPSA) is 38.7 Å². The zero-order valence-corrected chi connectivity index (χ0v) is 16.3. The number of para-hydroxylation sites is 1.